The molecule has 6 heterocycles. The lowest BCUT2D eigenvalue weighted by Gasteiger charge is -2.13. The van der Waals surface area contributed by atoms with Crippen LogP contribution in [0.1, 0.15) is 0 Å². The van der Waals surface area contributed by atoms with E-state index < -0.39 is 0 Å². The van der Waals surface area contributed by atoms with Crippen molar-refractivity contribution in [2.75, 3.05) is 5.23 Å². The standard InChI is InChI=1S/C43H27N5.C27H16ClN5.C16H13NO2/c1-2-14-31-28(12-1)13-11-19-32(31)29-24-26-30(27-25-29)41-44-42(47-37-20-7-3-15-33(37)34-16-4-8-21-38(34)47)46-43(45-41)48-39-22-9-5-17-35(39)36-18-6-10-23-40(36)48;28-25-29-26(32-21-13-5-1-9-17(21)18-10-2-6-14-22(18)32)31-27(30-25)33-23-15-7-3-11-19(23)20-12-4-8-16-24(20)33;18-17(19)14-10-8-13(9-11-14)16-7-3-5-12-4-1-2-6-15(12)16/h1-27H;1-16H;1-11,18-19H. The molecule has 0 bridgehead atoms. The van der Waals surface area contributed by atoms with Crippen LogP contribution in [0.4, 0.5) is 5.69 Å². The predicted molar refractivity (Wildman–Crippen MR) is 406 cm³/mol. The summed E-state index contributed by atoms with van der Waals surface area (Å²) >= 11 is 6.50. The molecule has 20 aromatic rings. The fourth-order valence-corrected chi connectivity index (χ4v) is 14.4. The number of rotatable bonds is 8. The Labute approximate surface area is 576 Å². The van der Waals surface area contributed by atoms with Crippen molar-refractivity contribution in [3.8, 4) is 57.4 Å². The maximum absolute atomic E-state index is 8.95. The number of anilines is 1. The fourth-order valence-electron chi connectivity index (χ4n) is 14.3. The van der Waals surface area contributed by atoms with Crippen molar-refractivity contribution in [1.29, 1.82) is 0 Å². The van der Waals surface area contributed by atoms with E-state index in [0.29, 0.717) is 35.3 Å². The third-order valence-corrected chi connectivity index (χ3v) is 18.9. The summed E-state index contributed by atoms with van der Waals surface area (Å²) in [7, 11) is 0. The molecule has 14 heteroatoms. The molecule has 20 rings (SSSR count). The summed E-state index contributed by atoms with van der Waals surface area (Å²) in [6.07, 6.45) is 0. The number of aromatic nitrogens is 10. The van der Waals surface area contributed by atoms with Crippen LogP contribution in [0.5, 0.6) is 0 Å². The smallest absolute Gasteiger partial charge is 0.240 e. The molecule has 0 saturated heterocycles. The number of hydrogen-bond acceptors (Lipinski definition) is 9. The van der Waals surface area contributed by atoms with Crippen molar-refractivity contribution in [2.24, 2.45) is 0 Å². The molecule has 0 aliphatic rings. The quantitative estimate of drug-likeness (QED) is 0.142. The number of fused-ring (bicyclic) bond motifs is 14. The topological polar surface area (TPSA) is 141 Å². The Morgan fingerprint density at radius 3 is 0.770 bits per heavy atom. The Hall–Kier alpha value is -13.2. The van der Waals surface area contributed by atoms with E-state index in [1.165, 1.54) is 27.1 Å². The Balaban J connectivity index is 0.000000119. The van der Waals surface area contributed by atoms with Crippen LogP contribution in [0.2, 0.25) is 5.28 Å². The van der Waals surface area contributed by atoms with Crippen molar-refractivity contribution in [3.63, 3.8) is 0 Å². The summed E-state index contributed by atoms with van der Waals surface area (Å²) < 4.78 is 8.43. The van der Waals surface area contributed by atoms with E-state index in [4.69, 9.17) is 42.0 Å². The first kappa shape index (κ1) is 59.3. The highest BCUT2D eigenvalue weighted by molar-refractivity contribution is 6.28. The average molecular weight is 1310 g/mol. The monoisotopic (exact) mass is 1310 g/mol. The van der Waals surface area contributed by atoms with Crippen molar-refractivity contribution in [2.45, 2.75) is 0 Å². The van der Waals surface area contributed by atoms with Gasteiger partial charge in [0.1, 0.15) is 0 Å². The van der Waals surface area contributed by atoms with Gasteiger partial charge in [-0.05, 0) is 116 Å². The minimum absolute atomic E-state index is 0.118. The second kappa shape index (κ2) is 24.8. The maximum atomic E-state index is 8.95. The van der Waals surface area contributed by atoms with Gasteiger partial charge in [0.05, 0.1) is 49.8 Å². The molecule has 0 atom stereocenters. The van der Waals surface area contributed by atoms with E-state index in [0.717, 1.165) is 109 Å². The molecule has 474 valence electrons. The summed E-state index contributed by atoms with van der Waals surface area (Å²) in [4.78, 5) is 29.7. The van der Waals surface area contributed by atoms with E-state index in [1.54, 1.807) is 12.1 Å². The van der Waals surface area contributed by atoms with E-state index in [-0.39, 0.29) is 10.5 Å². The second-order valence-corrected chi connectivity index (χ2v) is 24.7. The van der Waals surface area contributed by atoms with E-state index in [2.05, 4.69) is 265 Å². The minimum atomic E-state index is 0.118. The van der Waals surface area contributed by atoms with Crippen LogP contribution in [0, 0.1) is 0 Å². The van der Waals surface area contributed by atoms with Crippen LogP contribution in [-0.4, -0.2) is 58.6 Å². The van der Waals surface area contributed by atoms with E-state index in [1.807, 2.05) is 78.9 Å². The summed E-state index contributed by atoms with van der Waals surface area (Å²) in [5.74, 6) is 2.75. The lowest BCUT2D eigenvalue weighted by molar-refractivity contribution is 0.0291. The SMILES string of the molecule is Clc1nc(-n2c3ccccc3c3ccccc32)nc(-n2c3ccccc3c3ccccc32)n1.ON(O)c1ccc(-c2cccc3ccccc23)cc1.c1ccc2c(-c3ccc(-c4nc(-n5c6ccccc6c6ccccc65)nc(-n5c6ccccc6c6ccccc65)n4)cc3)cccc2c1. The number of benzene rings is 14. The van der Waals surface area contributed by atoms with Gasteiger partial charge in [0.15, 0.2) is 5.82 Å². The average Bonchev–Trinajstić information content (AvgIpc) is 1.59. The molecular weight excluding hydrogens is 1250 g/mol. The van der Waals surface area contributed by atoms with Crippen LogP contribution in [-0.2, 0) is 0 Å². The highest BCUT2D eigenvalue weighted by Crippen LogP contribution is 2.39. The van der Waals surface area contributed by atoms with Gasteiger partial charge in [-0.15, -0.1) is 5.23 Å². The molecular formula is C86H56ClN11O2. The van der Waals surface area contributed by atoms with E-state index >= 15 is 0 Å². The van der Waals surface area contributed by atoms with Crippen LogP contribution in [0.25, 0.3) is 166 Å². The first-order valence-corrected chi connectivity index (χ1v) is 33.2. The van der Waals surface area contributed by atoms with Gasteiger partial charge in [0.25, 0.3) is 0 Å². The first-order valence-electron chi connectivity index (χ1n) is 32.8. The van der Waals surface area contributed by atoms with Gasteiger partial charge in [0, 0.05) is 48.7 Å². The zero-order valence-corrected chi connectivity index (χ0v) is 54.1. The van der Waals surface area contributed by atoms with Gasteiger partial charge in [-0.1, -0.05) is 267 Å². The first-order chi connectivity index (χ1) is 49.4. The minimum Gasteiger partial charge on any atom is -0.278 e. The number of halogens is 1. The molecule has 0 amide bonds. The predicted octanol–water partition coefficient (Wildman–Crippen LogP) is 21.4. The van der Waals surface area contributed by atoms with Gasteiger partial charge in [-0.25, -0.2) is 0 Å². The Morgan fingerprint density at radius 2 is 0.470 bits per heavy atom. The molecule has 6 aromatic heterocycles. The van der Waals surface area contributed by atoms with Crippen molar-refractivity contribution in [3.05, 3.63) is 333 Å². The fraction of sp³-hybridized carbons (Fsp3) is 0. The Kier molecular flexibility index (Phi) is 14.7. The van der Waals surface area contributed by atoms with Gasteiger partial charge >= 0.3 is 0 Å². The summed E-state index contributed by atoms with van der Waals surface area (Å²) in [5, 5.41) is 32.2. The molecule has 0 radical (unpaired) electrons. The Bertz CT molecular complexity index is 6070. The van der Waals surface area contributed by atoms with Gasteiger partial charge in [-0.2, -0.15) is 29.9 Å². The van der Waals surface area contributed by atoms with Crippen molar-refractivity contribution < 1.29 is 10.4 Å². The summed E-state index contributed by atoms with van der Waals surface area (Å²) in [6, 6.07) is 112. The highest BCUT2D eigenvalue weighted by atomic mass is 35.5. The zero-order valence-electron chi connectivity index (χ0n) is 53.4. The summed E-state index contributed by atoms with van der Waals surface area (Å²) in [6.45, 7) is 0. The molecule has 0 saturated carbocycles. The van der Waals surface area contributed by atoms with Gasteiger partial charge in [-0.3, -0.25) is 28.7 Å². The lowest BCUT2D eigenvalue weighted by atomic mass is 9.97. The number of hydrogen-bond donors (Lipinski definition) is 2. The molecule has 0 unspecified atom stereocenters. The third kappa shape index (κ3) is 10.3. The normalized spacial score (nSPS) is 11.6. The molecule has 0 aliphatic carbocycles. The third-order valence-electron chi connectivity index (χ3n) is 18.8. The van der Waals surface area contributed by atoms with Crippen molar-refractivity contribution in [1.82, 2.24) is 48.2 Å². The molecule has 0 fully saturated rings. The molecule has 2 N–H and O–H groups in total. The highest BCUT2D eigenvalue weighted by Gasteiger charge is 2.23. The molecule has 0 spiro atoms. The largest absolute Gasteiger partial charge is 0.278 e. The summed E-state index contributed by atoms with van der Waals surface area (Å²) in [5.41, 5.74) is 14.1. The van der Waals surface area contributed by atoms with Crippen LogP contribution >= 0.6 is 11.6 Å². The molecule has 14 aromatic carbocycles. The number of nitrogens with zero attached hydrogens (tertiary/aromatic N) is 11. The Morgan fingerprint density at radius 1 is 0.230 bits per heavy atom. The van der Waals surface area contributed by atoms with Crippen LogP contribution in [0.3, 0.4) is 0 Å². The maximum Gasteiger partial charge on any atom is 0.240 e. The van der Waals surface area contributed by atoms with Crippen molar-refractivity contribution >= 4 is 126 Å². The molecule has 0 aliphatic heterocycles. The van der Waals surface area contributed by atoms with Crippen LogP contribution < -0.4 is 5.23 Å². The van der Waals surface area contributed by atoms with Gasteiger partial charge in [0.2, 0.25) is 29.1 Å². The zero-order chi connectivity index (χ0) is 66.8. The number of para-hydroxylation sites is 8. The second-order valence-electron chi connectivity index (χ2n) is 24.4. The van der Waals surface area contributed by atoms with Crippen LogP contribution in [0.15, 0.2) is 328 Å². The van der Waals surface area contributed by atoms with E-state index in [9.17, 15) is 0 Å². The molecule has 13 nitrogen and oxygen atoms in total. The van der Waals surface area contributed by atoms with Gasteiger partial charge < -0.3 is 0 Å². The molecule has 100 heavy (non-hydrogen) atoms. The lowest BCUT2D eigenvalue weighted by Crippen LogP contribution is -2.10.